The highest BCUT2D eigenvalue weighted by Crippen LogP contribution is 2.37. The molecule has 2 aromatic rings. The maximum absolute atomic E-state index is 12.4. The summed E-state index contributed by atoms with van der Waals surface area (Å²) in [5.74, 6) is -0.798. The molecule has 1 aliphatic heterocycles. The van der Waals surface area contributed by atoms with Crippen LogP contribution in [-0.2, 0) is 14.4 Å². The van der Waals surface area contributed by atoms with Gasteiger partial charge in [0.2, 0.25) is 17.7 Å². The summed E-state index contributed by atoms with van der Waals surface area (Å²) in [6.07, 6.45) is 5.13. The second kappa shape index (κ2) is 7.26. The van der Waals surface area contributed by atoms with Crippen molar-refractivity contribution in [1.29, 1.82) is 0 Å². The van der Waals surface area contributed by atoms with Crippen LogP contribution in [0.1, 0.15) is 32.1 Å². The number of nitrogens with one attached hydrogen (secondary N) is 1. The highest BCUT2D eigenvalue weighted by Gasteiger charge is 2.47. The minimum atomic E-state index is -0.236. The van der Waals surface area contributed by atoms with E-state index in [1.54, 1.807) is 24.3 Å². The molecule has 1 aromatic heterocycles. The van der Waals surface area contributed by atoms with Gasteiger partial charge in [-0.05, 0) is 47.5 Å². The number of amides is 3. The van der Waals surface area contributed by atoms with E-state index in [-0.39, 0.29) is 42.5 Å². The smallest absolute Gasteiger partial charge is 0.233 e. The maximum Gasteiger partial charge on any atom is 0.233 e. The predicted octanol–water partition coefficient (Wildman–Crippen LogP) is 1.17. The van der Waals surface area contributed by atoms with Gasteiger partial charge in [-0.15, -0.1) is 5.10 Å². The Labute approximate surface area is 155 Å². The Morgan fingerprint density at radius 2 is 1.74 bits per heavy atom. The molecule has 3 amide bonds. The van der Waals surface area contributed by atoms with Crippen LogP contribution in [0.5, 0.6) is 0 Å². The predicted molar refractivity (Wildman–Crippen MR) is 94.6 cm³/mol. The van der Waals surface area contributed by atoms with Crippen LogP contribution in [0, 0.1) is 11.8 Å². The number of nitrogens with zero attached hydrogens (tertiary/aromatic N) is 5. The topological polar surface area (TPSA) is 110 Å². The van der Waals surface area contributed by atoms with Gasteiger partial charge in [-0.3, -0.25) is 19.3 Å². The van der Waals surface area contributed by atoms with Crippen LogP contribution in [0.25, 0.3) is 5.69 Å². The molecule has 2 unspecified atom stereocenters. The molecule has 0 bridgehead atoms. The lowest BCUT2D eigenvalue weighted by Crippen LogP contribution is -2.34. The van der Waals surface area contributed by atoms with Crippen LogP contribution in [0.4, 0.5) is 5.69 Å². The first kappa shape index (κ1) is 17.3. The number of hydrogen-bond donors (Lipinski definition) is 1. The summed E-state index contributed by atoms with van der Waals surface area (Å²) >= 11 is 0. The zero-order valence-electron chi connectivity index (χ0n) is 14.7. The lowest BCUT2D eigenvalue weighted by Gasteiger charge is -2.19. The Morgan fingerprint density at radius 1 is 1.07 bits per heavy atom. The zero-order valence-corrected chi connectivity index (χ0v) is 14.7. The molecule has 1 N–H and O–H groups in total. The van der Waals surface area contributed by atoms with E-state index in [0.717, 1.165) is 31.4 Å². The number of aromatic nitrogens is 4. The third-order valence-electron chi connectivity index (χ3n) is 5.26. The van der Waals surface area contributed by atoms with Gasteiger partial charge in [-0.2, -0.15) is 0 Å². The van der Waals surface area contributed by atoms with Crippen molar-refractivity contribution in [1.82, 2.24) is 25.1 Å². The van der Waals surface area contributed by atoms with Gasteiger partial charge in [0.15, 0.2) is 0 Å². The summed E-state index contributed by atoms with van der Waals surface area (Å²) in [5.41, 5.74) is 1.40. The van der Waals surface area contributed by atoms with Crippen LogP contribution < -0.4 is 5.32 Å². The lowest BCUT2D eigenvalue weighted by molar-refractivity contribution is -0.140. The molecule has 140 valence electrons. The van der Waals surface area contributed by atoms with Crippen LogP contribution in [0.15, 0.2) is 30.6 Å². The van der Waals surface area contributed by atoms with Crippen LogP contribution in [-0.4, -0.2) is 49.4 Å². The number of tetrazole rings is 1. The summed E-state index contributed by atoms with van der Waals surface area (Å²) in [5, 5.41) is 13.7. The average Bonchev–Trinajstić information content (AvgIpc) is 3.30. The normalized spacial score (nSPS) is 22.0. The number of fused-ring (bicyclic) bond motifs is 1. The molecule has 2 heterocycles. The first-order valence-electron chi connectivity index (χ1n) is 9.12. The highest BCUT2D eigenvalue weighted by atomic mass is 16.2. The van der Waals surface area contributed by atoms with Crippen molar-refractivity contribution in [3.63, 3.8) is 0 Å². The first-order valence-corrected chi connectivity index (χ1v) is 9.12. The van der Waals surface area contributed by atoms with Crippen LogP contribution >= 0.6 is 0 Å². The molecule has 2 aliphatic rings. The minimum absolute atomic E-state index is 0.0890. The number of carbonyl (C=O) groups excluding carboxylic acids is 3. The highest BCUT2D eigenvalue weighted by molar-refractivity contribution is 6.05. The van der Waals surface area contributed by atoms with Gasteiger partial charge in [0.25, 0.3) is 0 Å². The van der Waals surface area contributed by atoms with Gasteiger partial charge >= 0.3 is 0 Å². The molecule has 4 rings (SSSR count). The molecular weight excluding hydrogens is 348 g/mol. The second-order valence-corrected chi connectivity index (χ2v) is 6.93. The second-order valence-electron chi connectivity index (χ2n) is 6.93. The van der Waals surface area contributed by atoms with E-state index in [1.807, 2.05) is 0 Å². The van der Waals surface area contributed by atoms with E-state index in [2.05, 4.69) is 20.8 Å². The fourth-order valence-electron chi connectivity index (χ4n) is 3.87. The van der Waals surface area contributed by atoms with E-state index in [0.29, 0.717) is 5.69 Å². The third kappa shape index (κ3) is 3.44. The molecule has 1 aromatic carbocycles. The Hall–Kier alpha value is -3.10. The number of carbonyl (C=O) groups is 3. The number of anilines is 1. The molecule has 0 spiro atoms. The molecule has 1 aliphatic carbocycles. The van der Waals surface area contributed by atoms with E-state index in [4.69, 9.17) is 0 Å². The molecular formula is C18H20N6O3. The summed E-state index contributed by atoms with van der Waals surface area (Å²) in [6, 6.07) is 7.06. The molecule has 9 heteroatoms. The average molecular weight is 368 g/mol. The van der Waals surface area contributed by atoms with Crippen LogP contribution in [0.2, 0.25) is 0 Å². The Kier molecular flexibility index (Phi) is 4.66. The molecule has 1 saturated carbocycles. The van der Waals surface area contributed by atoms with Crippen molar-refractivity contribution in [2.24, 2.45) is 11.8 Å². The molecule has 2 fully saturated rings. The standard InChI is InChI=1S/C18H20N6O3/c25-16(20-12-5-7-13(8-6-12)24-11-19-21-22-24)9-10-23-17(26)14-3-1-2-4-15(14)18(23)27/h5-8,11,14-15H,1-4,9-10H2,(H,20,25). The molecule has 0 radical (unpaired) electrons. The fourth-order valence-corrected chi connectivity index (χ4v) is 3.87. The lowest BCUT2D eigenvalue weighted by atomic mass is 9.81. The number of likely N-dealkylation sites (tertiary alicyclic amines) is 1. The molecule has 9 nitrogen and oxygen atoms in total. The van der Waals surface area contributed by atoms with Crippen molar-refractivity contribution >= 4 is 23.4 Å². The maximum atomic E-state index is 12.4. The third-order valence-corrected chi connectivity index (χ3v) is 5.26. The SMILES string of the molecule is O=C(CCN1C(=O)C2CCCCC2C1=O)Nc1ccc(-n2cnnn2)cc1. The minimum Gasteiger partial charge on any atom is -0.326 e. The van der Waals surface area contributed by atoms with Gasteiger partial charge in [0, 0.05) is 18.7 Å². The fraction of sp³-hybridized carbons (Fsp3) is 0.444. The zero-order chi connectivity index (χ0) is 18.8. The van der Waals surface area contributed by atoms with E-state index < -0.39 is 0 Å². The summed E-state index contributed by atoms with van der Waals surface area (Å²) in [7, 11) is 0. The Balaban J connectivity index is 1.32. The number of benzene rings is 1. The van der Waals surface area contributed by atoms with Crippen LogP contribution in [0.3, 0.4) is 0 Å². The number of rotatable bonds is 5. The van der Waals surface area contributed by atoms with Gasteiger partial charge in [0.05, 0.1) is 17.5 Å². The molecule has 1 saturated heterocycles. The summed E-state index contributed by atoms with van der Waals surface area (Å²) < 4.78 is 1.51. The van der Waals surface area contributed by atoms with Gasteiger partial charge in [-0.1, -0.05) is 12.8 Å². The van der Waals surface area contributed by atoms with Crippen molar-refractivity contribution in [2.45, 2.75) is 32.1 Å². The van der Waals surface area contributed by atoms with Crippen molar-refractivity contribution in [2.75, 3.05) is 11.9 Å². The summed E-state index contributed by atoms with van der Waals surface area (Å²) in [4.78, 5) is 38.3. The molecule has 27 heavy (non-hydrogen) atoms. The van der Waals surface area contributed by atoms with E-state index in [1.165, 1.54) is 15.9 Å². The van der Waals surface area contributed by atoms with Gasteiger partial charge in [-0.25, -0.2) is 4.68 Å². The Morgan fingerprint density at radius 3 is 2.33 bits per heavy atom. The number of hydrogen-bond acceptors (Lipinski definition) is 6. The quantitative estimate of drug-likeness (QED) is 0.793. The largest absolute Gasteiger partial charge is 0.326 e. The van der Waals surface area contributed by atoms with Crippen molar-refractivity contribution in [3.8, 4) is 5.69 Å². The first-order chi connectivity index (χ1) is 13.1. The van der Waals surface area contributed by atoms with Crippen molar-refractivity contribution in [3.05, 3.63) is 30.6 Å². The number of imide groups is 1. The van der Waals surface area contributed by atoms with E-state index >= 15 is 0 Å². The Bertz CT molecular complexity index is 824. The van der Waals surface area contributed by atoms with Gasteiger partial charge in [0.1, 0.15) is 6.33 Å². The van der Waals surface area contributed by atoms with Crippen molar-refractivity contribution < 1.29 is 14.4 Å². The molecule has 2 atom stereocenters. The van der Waals surface area contributed by atoms with Gasteiger partial charge < -0.3 is 5.32 Å². The summed E-state index contributed by atoms with van der Waals surface area (Å²) in [6.45, 7) is 0.138. The van der Waals surface area contributed by atoms with E-state index in [9.17, 15) is 14.4 Å². The monoisotopic (exact) mass is 368 g/mol.